The molecule has 2 nitrogen and oxygen atoms in total. The normalized spacial score (nSPS) is 11.4. The summed E-state index contributed by atoms with van der Waals surface area (Å²) in [4.78, 5) is 2.25. The summed E-state index contributed by atoms with van der Waals surface area (Å²) >= 11 is 0. The first-order valence-electron chi connectivity index (χ1n) is 11.2. The topological polar surface area (TPSA) is 12.5 Å². The van der Waals surface area contributed by atoms with Gasteiger partial charge in [-0.15, -0.1) is 0 Å². The average molecular weight is 426 g/mol. The minimum absolute atomic E-state index is 0.876. The summed E-state index contributed by atoms with van der Waals surface area (Å²) in [5, 5.41) is 0. The first-order chi connectivity index (χ1) is 16.3. The third-order valence-corrected chi connectivity index (χ3v) is 6.32. The molecule has 1 heterocycles. The molecule has 0 spiro atoms. The average Bonchev–Trinajstić information content (AvgIpc) is 3.03. The molecule has 1 aliphatic rings. The number of hydrogen-bond acceptors (Lipinski definition) is 2. The molecule has 1 aliphatic heterocycles. The van der Waals surface area contributed by atoms with Gasteiger partial charge in [-0.2, -0.15) is 0 Å². The van der Waals surface area contributed by atoms with E-state index >= 15 is 0 Å². The molecule has 6 rings (SSSR count). The molecule has 0 aromatic heterocycles. The van der Waals surface area contributed by atoms with Crippen molar-refractivity contribution in [3.63, 3.8) is 0 Å². The number of ether oxygens (including phenoxy) is 1. The summed E-state index contributed by atoms with van der Waals surface area (Å²) < 4.78 is 6.40. The van der Waals surface area contributed by atoms with Crippen molar-refractivity contribution in [2.45, 2.75) is 0 Å². The van der Waals surface area contributed by atoms with Crippen LogP contribution in [0.2, 0.25) is 0 Å². The fourth-order valence-corrected chi connectivity index (χ4v) is 4.64. The highest BCUT2D eigenvalue weighted by atomic mass is 16.5. The molecule has 5 aromatic rings. The highest BCUT2D eigenvalue weighted by molar-refractivity contribution is 5.92. The number of benzene rings is 5. The molecule has 0 N–H and O–H groups in total. The standard InChI is InChI=1S/C31H23NO/c1-32(29-17-9-7-13-24(29)22-11-3-2-4-12-22)23-19-20-31-28(21-23)26-15-6-5-14-25(26)27-16-8-10-18-30(27)33-31/h2-21H,1H3. The van der Waals surface area contributed by atoms with Crippen molar-refractivity contribution in [1.82, 2.24) is 0 Å². The fraction of sp³-hybridized carbons (Fsp3) is 0.0323. The molecule has 33 heavy (non-hydrogen) atoms. The number of hydrogen-bond donors (Lipinski definition) is 0. The lowest BCUT2D eigenvalue weighted by Crippen LogP contribution is -2.10. The summed E-state index contributed by atoms with van der Waals surface area (Å²) in [5.74, 6) is 1.76. The zero-order valence-electron chi connectivity index (χ0n) is 18.4. The van der Waals surface area contributed by atoms with Crippen molar-refractivity contribution in [2.24, 2.45) is 0 Å². The van der Waals surface area contributed by atoms with Gasteiger partial charge in [0.15, 0.2) is 0 Å². The quantitative estimate of drug-likeness (QED) is 0.281. The van der Waals surface area contributed by atoms with Crippen LogP contribution in [0.5, 0.6) is 11.5 Å². The van der Waals surface area contributed by atoms with E-state index in [9.17, 15) is 0 Å². The minimum atomic E-state index is 0.876. The van der Waals surface area contributed by atoms with Gasteiger partial charge in [0.25, 0.3) is 0 Å². The Morgan fingerprint density at radius 3 is 1.85 bits per heavy atom. The first kappa shape index (κ1) is 19.4. The second-order valence-corrected chi connectivity index (χ2v) is 8.27. The lowest BCUT2D eigenvalue weighted by molar-refractivity contribution is 0.488. The van der Waals surface area contributed by atoms with Gasteiger partial charge in [-0.3, -0.25) is 0 Å². The number of fused-ring (bicyclic) bond motifs is 5. The van der Waals surface area contributed by atoms with E-state index in [0.717, 1.165) is 34.0 Å². The summed E-state index contributed by atoms with van der Waals surface area (Å²) in [5.41, 5.74) is 9.28. The Bertz CT molecular complexity index is 1460. The molecular weight excluding hydrogens is 402 g/mol. The highest BCUT2D eigenvalue weighted by Gasteiger charge is 2.21. The summed E-state index contributed by atoms with van der Waals surface area (Å²) in [6, 6.07) is 42.3. The van der Waals surface area contributed by atoms with E-state index in [2.05, 4.69) is 121 Å². The molecule has 0 fully saturated rings. The molecule has 0 radical (unpaired) electrons. The maximum Gasteiger partial charge on any atom is 0.135 e. The van der Waals surface area contributed by atoms with Crippen molar-refractivity contribution < 1.29 is 4.74 Å². The van der Waals surface area contributed by atoms with E-state index in [1.165, 1.54) is 22.3 Å². The fourth-order valence-electron chi connectivity index (χ4n) is 4.64. The van der Waals surface area contributed by atoms with E-state index in [1.54, 1.807) is 0 Å². The maximum absolute atomic E-state index is 6.40. The monoisotopic (exact) mass is 425 g/mol. The SMILES string of the molecule is CN(c1ccc2c(c1)-c1ccccc1-c1ccccc1O2)c1ccccc1-c1ccccc1. The van der Waals surface area contributed by atoms with Crippen LogP contribution in [0, 0.1) is 0 Å². The Morgan fingerprint density at radius 1 is 0.485 bits per heavy atom. The lowest BCUT2D eigenvalue weighted by Gasteiger charge is -2.24. The number of para-hydroxylation sites is 2. The largest absolute Gasteiger partial charge is 0.456 e. The van der Waals surface area contributed by atoms with Crippen molar-refractivity contribution in [3.8, 4) is 44.9 Å². The smallest absolute Gasteiger partial charge is 0.135 e. The molecule has 2 heteroatoms. The van der Waals surface area contributed by atoms with Crippen LogP contribution in [-0.2, 0) is 0 Å². The van der Waals surface area contributed by atoms with E-state index in [1.807, 2.05) is 12.1 Å². The molecule has 0 bridgehead atoms. The maximum atomic E-state index is 6.40. The van der Waals surface area contributed by atoms with Gasteiger partial charge in [0.1, 0.15) is 11.5 Å². The molecule has 0 amide bonds. The van der Waals surface area contributed by atoms with E-state index in [4.69, 9.17) is 4.74 Å². The van der Waals surface area contributed by atoms with Gasteiger partial charge in [0.2, 0.25) is 0 Å². The van der Waals surface area contributed by atoms with Crippen LogP contribution in [0.3, 0.4) is 0 Å². The second kappa shape index (κ2) is 7.99. The Labute approximate surface area is 194 Å². The Hall–Kier alpha value is -4.30. The summed E-state index contributed by atoms with van der Waals surface area (Å²) in [6.07, 6.45) is 0. The van der Waals surface area contributed by atoms with Crippen molar-refractivity contribution in [2.75, 3.05) is 11.9 Å². The Kier molecular flexibility index (Phi) is 4.70. The second-order valence-electron chi connectivity index (χ2n) is 8.27. The van der Waals surface area contributed by atoms with Crippen molar-refractivity contribution in [1.29, 1.82) is 0 Å². The van der Waals surface area contributed by atoms with Crippen LogP contribution in [0.4, 0.5) is 11.4 Å². The van der Waals surface area contributed by atoms with Gasteiger partial charge in [-0.05, 0) is 47.0 Å². The molecule has 0 saturated heterocycles. The lowest BCUT2D eigenvalue weighted by atomic mass is 9.94. The predicted octanol–water partition coefficient (Wildman–Crippen LogP) is 8.56. The number of rotatable bonds is 3. The third kappa shape index (κ3) is 3.37. The molecule has 158 valence electrons. The van der Waals surface area contributed by atoms with Crippen LogP contribution in [0.25, 0.3) is 33.4 Å². The third-order valence-electron chi connectivity index (χ3n) is 6.32. The zero-order valence-corrected chi connectivity index (χ0v) is 18.4. The molecule has 0 atom stereocenters. The predicted molar refractivity (Wildman–Crippen MR) is 137 cm³/mol. The molecule has 0 unspecified atom stereocenters. The van der Waals surface area contributed by atoms with Gasteiger partial charge in [-0.1, -0.05) is 91.0 Å². The Balaban J connectivity index is 1.49. The van der Waals surface area contributed by atoms with Gasteiger partial charge >= 0.3 is 0 Å². The van der Waals surface area contributed by atoms with Crippen LogP contribution in [0.15, 0.2) is 121 Å². The van der Waals surface area contributed by atoms with Gasteiger partial charge < -0.3 is 9.64 Å². The summed E-state index contributed by atoms with van der Waals surface area (Å²) in [7, 11) is 2.13. The molecule has 0 saturated carbocycles. The highest BCUT2D eigenvalue weighted by Crippen LogP contribution is 2.48. The molecule has 0 aliphatic carbocycles. The van der Waals surface area contributed by atoms with Gasteiger partial charge in [-0.25, -0.2) is 0 Å². The Morgan fingerprint density at radius 2 is 1.06 bits per heavy atom. The minimum Gasteiger partial charge on any atom is -0.456 e. The van der Waals surface area contributed by atoms with Gasteiger partial charge in [0, 0.05) is 35.1 Å². The van der Waals surface area contributed by atoms with Crippen molar-refractivity contribution in [3.05, 3.63) is 121 Å². The van der Waals surface area contributed by atoms with Gasteiger partial charge in [0.05, 0.1) is 0 Å². The van der Waals surface area contributed by atoms with Crippen LogP contribution in [-0.4, -0.2) is 7.05 Å². The van der Waals surface area contributed by atoms with E-state index < -0.39 is 0 Å². The van der Waals surface area contributed by atoms with Crippen LogP contribution >= 0.6 is 0 Å². The first-order valence-corrected chi connectivity index (χ1v) is 11.2. The number of nitrogens with zero attached hydrogens (tertiary/aromatic N) is 1. The van der Waals surface area contributed by atoms with Crippen LogP contribution < -0.4 is 9.64 Å². The van der Waals surface area contributed by atoms with Crippen molar-refractivity contribution >= 4 is 11.4 Å². The van der Waals surface area contributed by atoms with E-state index in [-0.39, 0.29) is 0 Å². The zero-order chi connectivity index (χ0) is 22.2. The number of anilines is 2. The van der Waals surface area contributed by atoms with E-state index in [0.29, 0.717) is 0 Å². The molecule has 5 aromatic carbocycles. The summed E-state index contributed by atoms with van der Waals surface area (Å²) in [6.45, 7) is 0. The van der Waals surface area contributed by atoms with Crippen LogP contribution in [0.1, 0.15) is 0 Å². The molecular formula is C31H23NO.